The van der Waals surface area contributed by atoms with Crippen LogP contribution in [0, 0.1) is 5.92 Å². The number of nitrogens with zero attached hydrogens (tertiary/aromatic N) is 1. The van der Waals surface area contributed by atoms with E-state index >= 15 is 0 Å². The van der Waals surface area contributed by atoms with E-state index in [1.807, 2.05) is 19.9 Å². The molecule has 0 aliphatic carbocycles. The molecule has 1 aliphatic rings. The smallest absolute Gasteiger partial charge is 0.479 e. The van der Waals surface area contributed by atoms with Crippen molar-refractivity contribution in [3.8, 4) is 0 Å². The van der Waals surface area contributed by atoms with Gasteiger partial charge < -0.3 is 19.7 Å². The van der Waals surface area contributed by atoms with Gasteiger partial charge in [-0.1, -0.05) is 11.6 Å². The lowest BCUT2D eigenvalue weighted by Gasteiger charge is -2.29. The summed E-state index contributed by atoms with van der Waals surface area (Å²) >= 11 is 0. The molecule has 2 atom stereocenters. The zero-order chi connectivity index (χ0) is 19.8. The van der Waals surface area contributed by atoms with Gasteiger partial charge in [0.15, 0.2) is 0 Å². The summed E-state index contributed by atoms with van der Waals surface area (Å²) in [6, 6.07) is -0.625. The Morgan fingerprint density at radius 2 is 2.00 bits per heavy atom. The highest BCUT2D eigenvalue weighted by Gasteiger charge is 2.44. The van der Waals surface area contributed by atoms with E-state index in [0.717, 1.165) is 12.7 Å². The molecule has 0 aromatic carbocycles. The number of carboxylic acids is 1. The van der Waals surface area contributed by atoms with E-state index in [9.17, 15) is 14.7 Å². The van der Waals surface area contributed by atoms with Crippen LogP contribution in [-0.4, -0.2) is 53.3 Å². The molecular weight excluding hydrogens is 326 g/mol. The van der Waals surface area contributed by atoms with Crippen molar-refractivity contribution in [2.45, 2.75) is 59.1 Å². The summed E-state index contributed by atoms with van der Waals surface area (Å²) in [7, 11) is 1.00. The molecule has 1 aliphatic heterocycles. The number of allylic oxidation sites excluding steroid dienone is 2. The van der Waals surface area contributed by atoms with E-state index in [1.54, 1.807) is 20.8 Å². The number of carbonyl (C=O) groups is 2. The van der Waals surface area contributed by atoms with Crippen LogP contribution in [0.3, 0.4) is 0 Å². The van der Waals surface area contributed by atoms with Gasteiger partial charge in [-0.2, -0.15) is 4.90 Å². The van der Waals surface area contributed by atoms with Gasteiger partial charge in [0.25, 0.3) is 0 Å². The predicted molar refractivity (Wildman–Crippen MR) is 92.2 cm³/mol. The topological polar surface area (TPSA) is 130 Å². The average molecular weight is 357 g/mol. The SMILES string of the molecule is CC(C)=CCC[C@@H](C(=O)[O-])[C@@H]1C[NH+]=C(N)N1C(=O)OC(C)(C)C.CO. The van der Waals surface area contributed by atoms with Crippen LogP contribution >= 0.6 is 0 Å². The summed E-state index contributed by atoms with van der Waals surface area (Å²) < 4.78 is 5.32. The van der Waals surface area contributed by atoms with E-state index in [1.165, 1.54) is 4.90 Å². The van der Waals surface area contributed by atoms with Gasteiger partial charge in [0, 0.05) is 19.0 Å². The van der Waals surface area contributed by atoms with Gasteiger partial charge in [-0.15, -0.1) is 0 Å². The van der Waals surface area contributed by atoms with Crippen LogP contribution in [0.2, 0.25) is 0 Å². The van der Waals surface area contributed by atoms with E-state index < -0.39 is 29.6 Å². The largest absolute Gasteiger partial charge is 0.550 e. The number of carboxylic acid groups (broad SMARTS) is 1. The molecule has 0 saturated heterocycles. The van der Waals surface area contributed by atoms with Crippen molar-refractivity contribution in [3.05, 3.63) is 11.6 Å². The molecule has 0 unspecified atom stereocenters. The molecular formula is C17H31N3O5. The Labute approximate surface area is 149 Å². The molecule has 8 heteroatoms. The summed E-state index contributed by atoms with van der Waals surface area (Å²) in [6.45, 7) is 9.38. The third kappa shape index (κ3) is 7.55. The summed E-state index contributed by atoms with van der Waals surface area (Å²) in [4.78, 5) is 27.9. The molecule has 144 valence electrons. The second-order valence-electron chi connectivity index (χ2n) is 6.97. The van der Waals surface area contributed by atoms with Gasteiger partial charge in [-0.05, 0) is 47.5 Å². The van der Waals surface area contributed by atoms with Crippen LogP contribution in [0.15, 0.2) is 11.6 Å². The Morgan fingerprint density at radius 3 is 2.44 bits per heavy atom. The van der Waals surface area contributed by atoms with E-state index in [4.69, 9.17) is 15.6 Å². The van der Waals surface area contributed by atoms with Crippen molar-refractivity contribution < 1.29 is 29.5 Å². The predicted octanol–water partition coefficient (Wildman–Crippen LogP) is -1.28. The Balaban J connectivity index is 0.00000277. The molecule has 8 nitrogen and oxygen atoms in total. The first-order valence-corrected chi connectivity index (χ1v) is 8.20. The fourth-order valence-corrected chi connectivity index (χ4v) is 2.45. The van der Waals surface area contributed by atoms with Crippen molar-refractivity contribution >= 4 is 18.0 Å². The number of carbonyl (C=O) groups excluding carboxylic acids is 2. The van der Waals surface area contributed by atoms with Gasteiger partial charge in [0.2, 0.25) is 0 Å². The minimum atomic E-state index is -1.19. The first kappa shape index (κ1) is 22.9. The first-order valence-electron chi connectivity index (χ1n) is 8.20. The number of nitrogens with one attached hydrogen (secondary N) is 1. The van der Waals surface area contributed by atoms with Crippen molar-refractivity contribution in [3.63, 3.8) is 0 Å². The molecule has 0 saturated carbocycles. The molecule has 0 aromatic heterocycles. The van der Waals surface area contributed by atoms with Crippen molar-refractivity contribution in [1.29, 1.82) is 0 Å². The van der Waals surface area contributed by atoms with Gasteiger partial charge in [-0.25, -0.2) is 4.79 Å². The third-order valence-corrected chi connectivity index (χ3v) is 3.47. The summed E-state index contributed by atoms with van der Waals surface area (Å²) in [5, 5.41) is 18.5. The summed E-state index contributed by atoms with van der Waals surface area (Å²) in [6.07, 6.45) is 2.27. The first-order chi connectivity index (χ1) is 11.5. The minimum Gasteiger partial charge on any atom is -0.550 e. The molecule has 1 rings (SSSR count). The fourth-order valence-electron chi connectivity index (χ4n) is 2.45. The second-order valence-corrected chi connectivity index (χ2v) is 6.97. The molecule has 25 heavy (non-hydrogen) atoms. The fraction of sp³-hybridized carbons (Fsp3) is 0.706. The molecule has 1 amide bonds. The second kappa shape index (κ2) is 10.0. The van der Waals surface area contributed by atoms with E-state index in [-0.39, 0.29) is 12.5 Å². The molecule has 0 spiro atoms. The zero-order valence-electron chi connectivity index (χ0n) is 16.0. The quantitative estimate of drug-likeness (QED) is 0.526. The van der Waals surface area contributed by atoms with Crippen LogP contribution in [-0.2, 0) is 9.53 Å². The third-order valence-electron chi connectivity index (χ3n) is 3.47. The number of hydrogen-bond donors (Lipinski definition) is 3. The van der Waals surface area contributed by atoms with Crippen molar-refractivity contribution in [2.24, 2.45) is 11.7 Å². The van der Waals surface area contributed by atoms with Gasteiger partial charge in [-0.3, -0.25) is 10.7 Å². The summed E-state index contributed by atoms with van der Waals surface area (Å²) in [5.41, 5.74) is 6.23. The highest BCUT2D eigenvalue weighted by Crippen LogP contribution is 2.20. The maximum Gasteiger partial charge on any atom is 0.479 e. The van der Waals surface area contributed by atoms with Crippen LogP contribution in [0.4, 0.5) is 4.79 Å². The maximum absolute atomic E-state index is 12.3. The number of aliphatic carboxylic acids is 1. The molecule has 0 radical (unpaired) electrons. The Kier molecular flexibility index (Phi) is 9.19. The normalized spacial score (nSPS) is 17.8. The minimum absolute atomic E-state index is 0.109. The zero-order valence-corrected chi connectivity index (χ0v) is 16.0. The maximum atomic E-state index is 12.3. The molecule has 1 heterocycles. The van der Waals surface area contributed by atoms with E-state index in [0.29, 0.717) is 12.8 Å². The number of aliphatic hydroxyl groups excluding tert-OH is 1. The van der Waals surface area contributed by atoms with Gasteiger partial charge >= 0.3 is 12.1 Å². The van der Waals surface area contributed by atoms with Crippen LogP contribution < -0.4 is 15.8 Å². The summed E-state index contributed by atoms with van der Waals surface area (Å²) in [5.74, 6) is -1.91. The number of rotatable bonds is 5. The number of guanidine groups is 1. The average Bonchev–Trinajstić information content (AvgIpc) is 2.85. The Morgan fingerprint density at radius 1 is 1.44 bits per heavy atom. The van der Waals surface area contributed by atoms with Crippen LogP contribution in [0.1, 0.15) is 47.5 Å². The lowest BCUT2D eigenvalue weighted by atomic mass is 9.93. The number of ether oxygens (including phenoxy) is 1. The number of nitrogens with two attached hydrogens (primary N) is 1. The number of amides is 1. The number of hydrogen-bond acceptors (Lipinski definition) is 6. The van der Waals surface area contributed by atoms with Crippen LogP contribution in [0.5, 0.6) is 0 Å². The number of aliphatic hydroxyl groups is 1. The Bertz CT molecular complexity index is 519. The highest BCUT2D eigenvalue weighted by atomic mass is 16.6. The standard InChI is InChI=1S/C16H27N3O4.CH4O/c1-10(2)7-6-8-11(13(20)21)12-9-18-14(17)19(12)15(22)23-16(3,4)5;1-2/h7,11-12H,6,8-9H2,1-5H3,(H2,17,18)(H,20,21);2H,1H3/t11-,12+;/m1./s1. The van der Waals surface area contributed by atoms with E-state index in [2.05, 4.69) is 4.99 Å². The highest BCUT2D eigenvalue weighted by molar-refractivity contribution is 5.92. The molecule has 4 N–H and O–H groups in total. The van der Waals surface area contributed by atoms with Gasteiger partial charge in [0.1, 0.15) is 11.6 Å². The molecule has 0 bridgehead atoms. The monoisotopic (exact) mass is 357 g/mol. The Hall–Kier alpha value is -2.09. The lowest BCUT2D eigenvalue weighted by molar-refractivity contribution is -0.451. The lowest BCUT2D eigenvalue weighted by Crippen LogP contribution is -2.73. The van der Waals surface area contributed by atoms with Crippen molar-refractivity contribution in [1.82, 2.24) is 4.90 Å². The molecule has 0 fully saturated rings. The van der Waals surface area contributed by atoms with Gasteiger partial charge in [0.05, 0.1) is 6.54 Å². The van der Waals surface area contributed by atoms with Crippen LogP contribution in [0.25, 0.3) is 0 Å². The van der Waals surface area contributed by atoms with Crippen molar-refractivity contribution in [2.75, 3.05) is 13.7 Å². The molecule has 0 aromatic rings.